The first kappa shape index (κ1) is 14.4. The van der Waals surface area contributed by atoms with E-state index >= 15 is 0 Å². The molecule has 19 heavy (non-hydrogen) atoms. The van der Waals surface area contributed by atoms with E-state index in [0.29, 0.717) is 19.4 Å². The van der Waals surface area contributed by atoms with E-state index in [-0.39, 0.29) is 0 Å². The molecule has 1 aliphatic heterocycles. The van der Waals surface area contributed by atoms with Crippen molar-refractivity contribution in [3.63, 3.8) is 0 Å². The van der Waals surface area contributed by atoms with Crippen LogP contribution in [0.2, 0.25) is 0 Å². The number of hydrogen-bond donors (Lipinski definition) is 0. The fourth-order valence-electron chi connectivity index (χ4n) is 2.53. The van der Waals surface area contributed by atoms with Gasteiger partial charge in [0.2, 0.25) is 10.0 Å². The van der Waals surface area contributed by atoms with E-state index in [1.807, 2.05) is 0 Å². The smallest absolute Gasteiger partial charge is 0.207 e. The lowest BCUT2D eigenvalue weighted by atomic mass is 9.93. The van der Waals surface area contributed by atoms with Crippen LogP contribution < -0.4 is 0 Å². The summed E-state index contributed by atoms with van der Waals surface area (Å²) in [5, 5.41) is 0. The zero-order valence-electron chi connectivity index (χ0n) is 11.0. The van der Waals surface area contributed by atoms with Crippen LogP contribution in [-0.2, 0) is 10.0 Å². The number of benzene rings is 1. The first-order valence-corrected chi connectivity index (χ1v) is 7.68. The predicted molar refractivity (Wildman–Crippen MR) is 68.2 cm³/mol. The van der Waals surface area contributed by atoms with E-state index in [2.05, 4.69) is 0 Å². The third kappa shape index (κ3) is 2.51. The van der Waals surface area contributed by atoms with Crippen molar-refractivity contribution in [3.05, 3.63) is 29.8 Å². The van der Waals surface area contributed by atoms with Gasteiger partial charge in [0.05, 0.1) is 0 Å². The molecule has 1 aromatic carbocycles. The van der Waals surface area contributed by atoms with E-state index in [9.17, 15) is 17.2 Å². The van der Waals surface area contributed by atoms with Crippen molar-refractivity contribution in [3.8, 4) is 0 Å². The second-order valence-corrected chi connectivity index (χ2v) is 7.20. The first-order chi connectivity index (χ1) is 8.77. The SMILES string of the molecule is CC1(C)CCCCN1S(=O)(=O)c1c(F)cccc1F. The van der Waals surface area contributed by atoms with Crippen molar-refractivity contribution in [1.82, 2.24) is 4.31 Å². The summed E-state index contributed by atoms with van der Waals surface area (Å²) < 4.78 is 53.6. The van der Waals surface area contributed by atoms with Gasteiger partial charge < -0.3 is 0 Å². The maximum atomic E-state index is 13.7. The van der Waals surface area contributed by atoms with Crippen LogP contribution >= 0.6 is 0 Å². The van der Waals surface area contributed by atoms with E-state index in [1.54, 1.807) is 13.8 Å². The van der Waals surface area contributed by atoms with Crippen molar-refractivity contribution in [2.24, 2.45) is 0 Å². The molecule has 1 aromatic rings. The zero-order valence-corrected chi connectivity index (χ0v) is 11.8. The number of nitrogens with zero attached hydrogens (tertiary/aromatic N) is 1. The Morgan fingerprint density at radius 3 is 2.26 bits per heavy atom. The fraction of sp³-hybridized carbons (Fsp3) is 0.538. The Kier molecular flexibility index (Phi) is 3.66. The summed E-state index contributed by atoms with van der Waals surface area (Å²) in [7, 11) is -4.15. The van der Waals surface area contributed by atoms with E-state index in [0.717, 1.165) is 24.6 Å². The quantitative estimate of drug-likeness (QED) is 0.839. The molecule has 0 radical (unpaired) electrons. The minimum Gasteiger partial charge on any atom is -0.207 e. The van der Waals surface area contributed by atoms with Crippen LogP contribution in [0.15, 0.2) is 23.1 Å². The molecular formula is C13H17F2NO2S. The normalized spacial score (nSPS) is 20.4. The molecular weight excluding hydrogens is 272 g/mol. The lowest BCUT2D eigenvalue weighted by Crippen LogP contribution is -2.50. The van der Waals surface area contributed by atoms with Gasteiger partial charge in [-0.2, -0.15) is 4.31 Å². The number of rotatable bonds is 2. The molecule has 1 fully saturated rings. The molecule has 0 atom stereocenters. The molecule has 0 saturated carbocycles. The maximum Gasteiger partial charge on any atom is 0.249 e. The van der Waals surface area contributed by atoms with Gasteiger partial charge in [-0.05, 0) is 38.8 Å². The minimum absolute atomic E-state index is 0.295. The van der Waals surface area contributed by atoms with Crippen molar-refractivity contribution < 1.29 is 17.2 Å². The molecule has 106 valence electrons. The molecule has 0 bridgehead atoms. The zero-order chi connectivity index (χ0) is 14.3. The van der Waals surface area contributed by atoms with Gasteiger partial charge in [-0.3, -0.25) is 0 Å². The number of halogens is 2. The fourth-order valence-corrected chi connectivity index (χ4v) is 4.49. The summed E-state index contributed by atoms with van der Waals surface area (Å²) in [5.41, 5.74) is -0.619. The highest BCUT2D eigenvalue weighted by Crippen LogP contribution is 2.34. The Hall–Kier alpha value is -1.01. The lowest BCUT2D eigenvalue weighted by Gasteiger charge is -2.41. The van der Waals surface area contributed by atoms with E-state index in [4.69, 9.17) is 0 Å². The van der Waals surface area contributed by atoms with Crippen LogP contribution in [0.3, 0.4) is 0 Å². The topological polar surface area (TPSA) is 37.4 Å². The van der Waals surface area contributed by atoms with Gasteiger partial charge >= 0.3 is 0 Å². The second kappa shape index (κ2) is 4.83. The maximum absolute atomic E-state index is 13.7. The van der Waals surface area contributed by atoms with Crippen LogP contribution in [0.1, 0.15) is 33.1 Å². The van der Waals surface area contributed by atoms with Crippen molar-refractivity contribution in [1.29, 1.82) is 0 Å². The summed E-state index contributed by atoms with van der Waals surface area (Å²) in [5.74, 6) is -2.08. The van der Waals surface area contributed by atoms with Crippen LogP contribution in [0.5, 0.6) is 0 Å². The monoisotopic (exact) mass is 289 g/mol. The molecule has 6 heteroatoms. The molecule has 1 aliphatic rings. The summed E-state index contributed by atoms with van der Waals surface area (Å²) >= 11 is 0. The highest BCUT2D eigenvalue weighted by Gasteiger charge is 2.41. The van der Waals surface area contributed by atoms with Gasteiger partial charge in [0.25, 0.3) is 0 Å². The molecule has 0 spiro atoms. The van der Waals surface area contributed by atoms with Crippen LogP contribution in [0.25, 0.3) is 0 Å². The highest BCUT2D eigenvalue weighted by atomic mass is 32.2. The first-order valence-electron chi connectivity index (χ1n) is 6.24. The molecule has 0 aliphatic carbocycles. The molecule has 0 unspecified atom stereocenters. The van der Waals surface area contributed by atoms with Gasteiger partial charge in [0, 0.05) is 12.1 Å². The van der Waals surface area contributed by atoms with Crippen molar-refractivity contribution in [2.75, 3.05) is 6.54 Å². The minimum atomic E-state index is -4.15. The van der Waals surface area contributed by atoms with Gasteiger partial charge in [-0.1, -0.05) is 12.5 Å². The van der Waals surface area contributed by atoms with E-state index in [1.165, 1.54) is 4.31 Å². The summed E-state index contributed by atoms with van der Waals surface area (Å²) in [6.45, 7) is 3.86. The lowest BCUT2D eigenvalue weighted by molar-refractivity contribution is 0.169. The molecule has 0 N–H and O–H groups in total. The standard InChI is InChI=1S/C13H17F2NO2S/c1-13(2)8-3-4-9-16(13)19(17,18)12-10(14)6-5-7-11(12)15/h5-7H,3-4,8-9H2,1-2H3. The Morgan fingerprint density at radius 1 is 1.16 bits per heavy atom. The Bertz CT molecular complexity index is 564. The molecule has 1 heterocycles. The van der Waals surface area contributed by atoms with Crippen molar-refractivity contribution >= 4 is 10.0 Å². The molecule has 0 aromatic heterocycles. The average molecular weight is 289 g/mol. The second-order valence-electron chi connectivity index (χ2n) is 5.40. The molecule has 1 saturated heterocycles. The van der Waals surface area contributed by atoms with Crippen LogP contribution in [-0.4, -0.2) is 24.8 Å². The Labute approximate surface area is 112 Å². The summed E-state index contributed by atoms with van der Waals surface area (Å²) in [4.78, 5) is -0.843. The van der Waals surface area contributed by atoms with E-state index < -0.39 is 32.1 Å². The number of hydrogen-bond acceptors (Lipinski definition) is 2. The molecule has 0 amide bonds. The van der Waals surface area contributed by atoms with Gasteiger partial charge in [0.15, 0.2) is 4.90 Å². The third-order valence-corrected chi connectivity index (χ3v) is 5.70. The van der Waals surface area contributed by atoms with Gasteiger partial charge in [-0.25, -0.2) is 17.2 Å². The average Bonchev–Trinajstić information content (AvgIpc) is 2.27. The summed E-state index contributed by atoms with van der Waals surface area (Å²) in [6, 6.07) is 3.09. The Morgan fingerprint density at radius 2 is 1.74 bits per heavy atom. The molecule has 3 nitrogen and oxygen atoms in total. The largest absolute Gasteiger partial charge is 0.249 e. The Balaban J connectivity index is 2.54. The highest BCUT2D eigenvalue weighted by molar-refractivity contribution is 7.89. The van der Waals surface area contributed by atoms with Gasteiger partial charge in [-0.15, -0.1) is 0 Å². The number of piperidine rings is 1. The predicted octanol–water partition coefficient (Wildman–Crippen LogP) is 2.92. The van der Waals surface area contributed by atoms with Gasteiger partial charge in [0.1, 0.15) is 11.6 Å². The summed E-state index contributed by atoms with van der Waals surface area (Å²) in [6.07, 6.45) is 2.31. The number of sulfonamides is 1. The van der Waals surface area contributed by atoms with Crippen LogP contribution in [0, 0.1) is 11.6 Å². The third-order valence-electron chi connectivity index (χ3n) is 3.54. The van der Waals surface area contributed by atoms with Crippen LogP contribution in [0.4, 0.5) is 8.78 Å². The van der Waals surface area contributed by atoms with Crippen molar-refractivity contribution in [2.45, 2.75) is 43.5 Å². The molecule has 2 rings (SSSR count).